The summed E-state index contributed by atoms with van der Waals surface area (Å²) in [6, 6.07) is 0. The van der Waals surface area contributed by atoms with Gasteiger partial charge in [-0.2, -0.15) is 0 Å². The third-order valence-corrected chi connectivity index (χ3v) is 7.35. The molecule has 0 radical (unpaired) electrons. The summed E-state index contributed by atoms with van der Waals surface area (Å²) in [6.45, 7) is 14.9. The molecule has 0 spiro atoms. The van der Waals surface area contributed by atoms with Crippen molar-refractivity contribution in [1.29, 1.82) is 0 Å². The van der Waals surface area contributed by atoms with Gasteiger partial charge in [-0.1, -0.05) is 0 Å². The Morgan fingerprint density at radius 3 is 0.889 bits per heavy atom. The fraction of sp³-hybridized carbons (Fsp3) is 0. The van der Waals surface area contributed by atoms with Crippen molar-refractivity contribution in [2.24, 2.45) is 0 Å². The summed E-state index contributed by atoms with van der Waals surface area (Å²) in [5.41, 5.74) is 0. The molecule has 0 aromatic rings. The van der Waals surface area contributed by atoms with Crippen LogP contribution in [0, 0.1) is 0 Å². The van der Waals surface area contributed by atoms with Gasteiger partial charge >= 0.3 is 59.2 Å². The zero-order valence-electron chi connectivity index (χ0n) is 5.64. The van der Waals surface area contributed by atoms with E-state index in [2.05, 4.69) is 26.3 Å². The Bertz CT molecular complexity index is 107. The van der Waals surface area contributed by atoms with Crippen LogP contribution in [0.2, 0.25) is 0 Å². The van der Waals surface area contributed by atoms with Crippen LogP contribution in [0.25, 0.3) is 0 Å². The SMILES string of the molecule is C=[CH][Ge]([CH]=C)([CH]=C)[CH]=C. The maximum atomic E-state index is 3.72. The third kappa shape index (κ3) is 1.72. The van der Waals surface area contributed by atoms with Gasteiger partial charge in [0.1, 0.15) is 0 Å². The van der Waals surface area contributed by atoms with E-state index >= 15 is 0 Å². The molecule has 0 aromatic carbocycles. The van der Waals surface area contributed by atoms with Crippen LogP contribution in [-0.2, 0) is 0 Å². The van der Waals surface area contributed by atoms with E-state index in [4.69, 9.17) is 0 Å². The van der Waals surface area contributed by atoms with Crippen LogP contribution in [0.3, 0.4) is 0 Å². The molecular formula is C8H12Ge. The first-order valence-electron chi connectivity index (χ1n) is 2.79. The number of hydrogen-bond acceptors (Lipinski definition) is 0. The molecule has 9 heavy (non-hydrogen) atoms. The quantitative estimate of drug-likeness (QED) is 0.583. The van der Waals surface area contributed by atoms with E-state index in [0.717, 1.165) is 0 Å². The molecule has 0 aliphatic heterocycles. The van der Waals surface area contributed by atoms with Crippen LogP contribution in [0.1, 0.15) is 0 Å². The van der Waals surface area contributed by atoms with Crippen molar-refractivity contribution in [3.63, 3.8) is 0 Å². The van der Waals surface area contributed by atoms with Crippen molar-refractivity contribution in [3.8, 4) is 0 Å². The molecule has 0 saturated heterocycles. The van der Waals surface area contributed by atoms with Crippen molar-refractivity contribution >= 4 is 13.3 Å². The van der Waals surface area contributed by atoms with Crippen LogP contribution in [0.15, 0.2) is 45.9 Å². The summed E-state index contributed by atoms with van der Waals surface area (Å²) in [6.07, 6.45) is 0. The van der Waals surface area contributed by atoms with E-state index in [-0.39, 0.29) is 0 Å². The fourth-order valence-corrected chi connectivity index (χ4v) is 2.60. The molecule has 0 nitrogen and oxygen atoms in total. The first-order chi connectivity index (χ1) is 4.24. The molecule has 0 atom stereocenters. The Hall–Kier alpha value is -0.497. The Balaban J connectivity index is 4.53. The summed E-state index contributed by atoms with van der Waals surface area (Å²) < 4.78 is 0. The first kappa shape index (κ1) is 8.50. The van der Waals surface area contributed by atoms with E-state index in [0.29, 0.717) is 0 Å². The van der Waals surface area contributed by atoms with Crippen molar-refractivity contribution in [2.75, 3.05) is 0 Å². The van der Waals surface area contributed by atoms with Gasteiger partial charge < -0.3 is 0 Å². The van der Waals surface area contributed by atoms with Crippen LogP contribution < -0.4 is 0 Å². The molecule has 0 rings (SSSR count). The Kier molecular flexibility index (Phi) is 3.32. The summed E-state index contributed by atoms with van der Waals surface area (Å²) in [4.78, 5) is 7.75. The molecule has 0 aromatic heterocycles. The molecule has 0 amide bonds. The summed E-state index contributed by atoms with van der Waals surface area (Å²) in [5.74, 6) is 0. The fourth-order valence-electron chi connectivity index (χ4n) is 0.500. The zero-order valence-corrected chi connectivity index (χ0v) is 7.74. The van der Waals surface area contributed by atoms with E-state index in [1.807, 2.05) is 19.6 Å². The second kappa shape index (κ2) is 3.51. The molecule has 0 bridgehead atoms. The molecule has 1 heteroatoms. The van der Waals surface area contributed by atoms with E-state index < -0.39 is 13.3 Å². The molecule has 0 N–H and O–H groups in total. The summed E-state index contributed by atoms with van der Waals surface area (Å²) in [7, 11) is 0. The molecule has 0 aliphatic carbocycles. The Morgan fingerprint density at radius 2 is 0.889 bits per heavy atom. The van der Waals surface area contributed by atoms with Crippen molar-refractivity contribution < 1.29 is 0 Å². The van der Waals surface area contributed by atoms with Crippen LogP contribution >= 0.6 is 0 Å². The van der Waals surface area contributed by atoms with Crippen molar-refractivity contribution in [3.05, 3.63) is 45.9 Å². The first-order valence-corrected chi connectivity index (χ1v) is 7.63. The predicted molar refractivity (Wildman–Crippen MR) is 46.5 cm³/mol. The van der Waals surface area contributed by atoms with Gasteiger partial charge in [-0.25, -0.2) is 0 Å². The normalized spacial score (nSPS) is 9.78. The minimum absolute atomic E-state index is 1.94. The molecule has 0 heterocycles. The molecule has 0 aliphatic rings. The van der Waals surface area contributed by atoms with Gasteiger partial charge in [-0.15, -0.1) is 0 Å². The van der Waals surface area contributed by atoms with Gasteiger partial charge in [0.15, 0.2) is 0 Å². The van der Waals surface area contributed by atoms with Gasteiger partial charge in [-0.3, -0.25) is 0 Å². The van der Waals surface area contributed by atoms with E-state index in [9.17, 15) is 0 Å². The average molecular weight is 181 g/mol. The standard InChI is InChI=1S/C8H12Ge/c1-5-9(6-2,7-3)8-4/h5-8H,1-4H2. The van der Waals surface area contributed by atoms with E-state index in [1.54, 1.807) is 0 Å². The topological polar surface area (TPSA) is 0 Å². The minimum atomic E-state index is -2.11. The van der Waals surface area contributed by atoms with Crippen LogP contribution in [0.5, 0.6) is 0 Å². The number of rotatable bonds is 4. The van der Waals surface area contributed by atoms with E-state index in [1.165, 1.54) is 0 Å². The van der Waals surface area contributed by atoms with Gasteiger partial charge in [0.2, 0.25) is 0 Å². The number of hydrogen-bond donors (Lipinski definition) is 0. The zero-order chi connectivity index (χ0) is 7.33. The molecular weight excluding hydrogens is 169 g/mol. The molecule has 0 unspecified atom stereocenters. The Labute approximate surface area is 59.6 Å². The Morgan fingerprint density at radius 1 is 0.667 bits per heavy atom. The van der Waals surface area contributed by atoms with Crippen molar-refractivity contribution in [1.82, 2.24) is 0 Å². The van der Waals surface area contributed by atoms with Gasteiger partial charge in [0.05, 0.1) is 0 Å². The molecule has 0 saturated carbocycles. The predicted octanol–water partition coefficient (Wildman–Crippen LogP) is 2.34. The van der Waals surface area contributed by atoms with Gasteiger partial charge in [0.25, 0.3) is 0 Å². The summed E-state index contributed by atoms with van der Waals surface area (Å²) in [5, 5.41) is 0. The molecule has 0 fully saturated rings. The van der Waals surface area contributed by atoms with Gasteiger partial charge in [0, 0.05) is 0 Å². The third-order valence-electron chi connectivity index (χ3n) is 1.41. The summed E-state index contributed by atoms with van der Waals surface area (Å²) >= 11 is -2.11. The van der Waals surface area contributed by atoms with Crippen molar-refractivity contribution in [2.45, 2.75) is 0 Å². The molecule has 48 valence electrons. The monoisotopic (exact) mass is 182 g/mol. The van der Waals surface area contributed by atoms with Crippen LogP contribution in [-0.4, -0.2) is 13.3 Å². The second-order valence-electron chi connectivity index (χ2n) is 1.82. The van der Waals surface area contributed by atoms with Gasteiger partial charge in [-0.05, 0) is 0 Å². The van der Waals surface area contributed by atoms with Crippen LogP contribution in [0.4, 0.5) is 0 Å². The average Bonchev–Trinajstić information content (AvgIpc) is 1.95. The second-order valence-corrected chi connectivity index (χ2v) is 9.44. The maximum absolute atomic E-state index is 3.72.